The summed E-state index contributed by atoms with van der Waals surface area (Å²) in [7, 11) is 0. The van der Waals surface area contributed by atoms with Gasteiger partial charge in [0.05, 0.1) is 26.2 Å². The quantitative estimate of drug-likeness (QED) is 0.180. The van der Waals surface area contributed by atoms with Crippen LogP contribution in [0.15, 0.2) is 197 Å². The number of furan rings is 2. The maximum atomic E-state index is 9.68. The van der Waals surface area contributed by atoms with E-state index in [2.05, 4.69) is 6.07 Å². The van der Waals surface area contributed by atoms with Crippen molar-refractivity contribution in [1.29, 1.82) is 0 Å². The standard InChI is InChI=1S/C50H31NO2/c1-3-12-39-33(9-1)11-7-15-40(39)35-21-27-38(28-22-35)51(45-16-8-18-48-49(45)43-29-23-34-10-2-4-13-41(34)50(43)53-48)37-25-19-32(20-26-37)36-24-30-47-44(31-36)42-14-5-6-17-46(42)52-47/h1-31H/i1D,3D,7D,9D,11D,12D,15D,21D,22D,27D,28D. The summed E-state index contributed by atoms with van der Waals surface area (Å²) >= 11 is 0. The van der Waals surface area contributed by atoms with Gasteiger partial charge in [-0.25, -0.2) is 0 Å². The molecule has 0 saturated carbocycles. The Bertz CT molecular complexity index is 3780. The summed E-state index contributed by atoms with van der Waals surface area (Å²) < 4.78 is 111. The average molecular weight is 689 g/mol. The fraction of sp³-hybridized carbons (Fsp3) is 0. The second-order valence-corrected chi connectivity index (χ2v) is 12.8. The third-order valence-electron chi connectivity index (χ3n) is 9.84. The minimum Gasteiger partial charge on any atom is -0.456 e. The molecule has 11 aromatic rings. The number of hydrogen-bond acceptors (Lipinski definition) is 3. The zero-order chi connectivity index (χ0) is 44.5. The van der Waals surface area contributed by atoms with Crippen molar-refractivity contribution in [3.63, 3.8) is 0 Å². The van der Waals surface area contributed by atoms with Gasteiger partial charge in [0, 0.05) is 32.9 Å². The van der Waals surface area contributed by atoms with E-state index in [9.17, 15) is 5.48 Å². The van der Waals surface area contributed by atoms with Crippen molar-refractivity contribution in [2.24, 2.45) is 0 Å². The predicted molar refractivity (Wildman–Crippen MR) is 222 cm³/mol. The monoisotopic (exact) mass is 688 g/mol. The van der Waals surface area contributed by atoms with Crippen molar-refractivity contribution in [2.45, 2.75) is 0 Å². The molecule has 53 heavy (non-hydrogen) atoms. The summed E-state index contributed by atoms with van der Waals surface area (Å²) in [6.45, 7) is 0. The third-order valence-corrected chi connectivity index (χ3v) is 9.84. The molecule has 9 aromatic carbocycles. The van der Waals surface area contributed by atoms with Crippen molar-refractivity contribution in [1.82, 2.24) is 0 Å². The third kappa shape index (κ3) is 4.75. The molecule has 0 saturated heterocycles. The lowest BCUT2D eigenvalue weighted by molar-refractivity contribution is 0.669. The SMILES string of the molecule is [2H]c1c([2H])c(N(c2ccc(-c3ccc4oc5ccccc5c4c3)cc2)c2cccc3oc4c5ccccc5ccc4c23)c([2H])c([2H])c1-c1c([2H])c([2H])c([2H])c2c([2H])c([2H])c([2H])c([2H])c12. The first-order chi connectivity index (χ1) is 30.8. The lowest BCUT2D eigenvalue weighted by Crippen LogP contribution is -2.10. The molecule has 0 aliphatic carbocycles. The van der Waals surface area contributed by atoms with E-state index in [4.69, 9.17) is 18.4 Å². The number of para-hydroxylation sites is 1. The van der Waals surface area contributed by atoms with Crippen molar-refractivity contribution in [2.75, 3.05) is 4.90 Å². The Hall–Kier alpha value is -7.10. The van der Waals surface area contributed by atoms with Crippen LogP contribution in [0.3, 0.4) is 0 Å². The van der Waals surface area contributed by atoms with E-state index in [1.165, 1.54) is 0 Å². The first kappa shape index (κ1) is 20.7. The van der Waals surface area contributed by atoms with Gasteiger partial charge in [0.2, 0.25) is 0 Å². The molecular formula is C50H31NO2. The van der Waals surface area contributed by atoms with Crippen LogP contribution >= 0.6 is 0 Å². The van der Waals surface area contributed by atoms with Gasteiger partial charge in [-0.15, -0.1) is 0 Å². The number of benzene rings is 9. The van der Waals surface area contributed by atoms with Crippen molar-refractivity contribution in [3.05, 3.63) is 188 Å². The van der Waals surface area contributed by atoms with E-state index in [0.29, 0.717) is 27.9 Å². The fourth-order valence-corrected chi connectivity index (χ4v) is 7.36. The average Bonchev–Trinajstić information content (AvgIpc) is 3.90. The highest BCUT2D eigenvalue weighted by atomic mass is 16.3. The molecule has 0 aliphatic heterocycles. The largest absolute Gasteiger partial charge is 0.456 e. The Kier molecular flexibility index (Phi) is 4.57. The lowest BCUT2D eigenvalue weighted by atomic mass is 9.98. The number of anilines is 3. The molecule has 0 fully saturated rings. The number of fused-ring (bicyclic) bond motifs is 9. The first-order valence-corrected chi connectivity index (χ1v) is 17.1. The predicted octanol–water partition coefficient (Wildman–Crippen LogP) is 14.6. The molecule has 2 heterocycles. The summed E-state index contributed by atoms with van der Waals surface area (Å²) in [5.41, 5.74) is 4.52. The van der Waals surface area contributed by atoms with Gasteiger partial charge in [0.25, 0.3) is 0 Å². The molecule has 0 bridgehead atoms. The molecule has 0 radical (unpaired) electrons. The molecule has 3 nitrogen and oxygen atoms in total. The molecule has 0 aliphatic rings. The summed E-state index contributed by atoms with van der Waals surface area (Å²) in [6, 6.07) is 31.9. The molecule has 248 valence electrons. The zero-order valence-electron chi connectivity index (χ0n) is 38.8. The van der Waals surface area contributed by atoms with E-state index >= 15 is 0 Å². The second kappa shape index (κ2) is 11.7. The molecular weight excluding hydrogens is 647 g/mol. The number of hydrogen-bond donors (Lipinski definition) is 0. The van der Waals surface area contributed by atoms with Gasteiger partial charge in [0.1, 0.15) is 22.3 Å². The van der Waals surface area contributed by atoms with E-state index < -0.39 is 72.0 Å². The minimum absolute atomic E-state index is 0.138. The summed E-state index contributed by atoms with van der Waals surface area (Å²) in [5, 5.41) is 4.54. The van der Waals surface area contributed by atoms with E-state index in [1.807, 2.05) is 109 Å². The van der Waals surface area contributed by atoms with Gasteiger partial charge < -0.3 is 13.7 Å². The molecule has 11 rings (SSSR count). The van der Waals surface area contributed by atoms with Crippen LogP contribution in [-0.2, 0) is 0 Å². The van der Waals surface area contributed by atoms with Gasteiger partial charge in [-0.1, -0.05) is 127 Å². The molecule has 0 N–H and O–H groups in total. The Morgan fingerprint density at radius 1 is 0.415 bits per heavy atom. The molecule has 0 atom stereocenters. The van der Waals surface area contributed by atoms with Gasteiger partial charge in [-0.05, 0) is 99.0 Å². The van der Waals surface area contributed by atoms with Gasteiger partial charge in [-0.3, -0.25) is 0 Å². The fourth-order valence-electron chi connectivity index (χ4n) is 7.36. The van der Waals surface area contributed by atoms with Crippen molar-refractivity contribution < 1.29 is 23.9 Å². The first-order valence-electron chi connectivity index (χ1n) is 22.6. The Balaban J connectivity index is 1.17. The number of nitrogens with zero attached hydrogens (tertiary/aromatic N) is 1. The normalized spacial score (nSPS) is 14.7. The maximum absolute atomic E-state index is 9.68. The van der Waals surface area contributed by atoms with Crippen LogP contribution in [0.5, 0.6) is 0 Å². The van der Waals surface area contributed by atoms with Crippen LogP contribution in [-0.4, -0.2) is 0 Å². The summed E-state index contributed by atoms with van der Waals surface area (Å²) in [5.74, 6) is 0. The van der Waals surface area contributed by atoms with Gasteiger partial charge >= 0.3 is 0 Å². The lowest BCUT2D eigenvalue weighted by Gasteiger charge is -2.26. The molecule has 3 heteroatoms. The topological polar surface area (TPSA) is 29.5 Å². The molecule has 0 amide bonds. The zero-order valence-corrected chi connectivity index (χ0v) is 27.8. The molecule has 0 unspecified atom stereocenters. The van der Waals surface area contributed by atoms with Crippen LogP contribution in [0.25, 0.3) is 87.7 Å². The van der Waals surface area contributed by atoms with Gasteiger partial charge in [0.15, 0.2) is 0 Å². The highest BCUT2D eigenvalue weighted by Gasteiger charge is 2.21. The van der Waals surface area contributed by atoms with E-state index in [1.54, 1.807) is 11.0 Å². The summed E-state index contributed by atoms with van der Waals surface area (Å²) in [4.78, 5) is 1.65. The van der Waals surface area contributed by atoms with Crippen LogP contribution < -0.4 is 4.90 Å². The van der Waals surface area contributed by atoms with Crippen LogP contribution in [0, 0.1) is 0 Å². The van der Waals surface area contributed by atoms with E-state index in [-0.39, 0.29) is 22.0 Å². The van der Waals surface area contributed by atoms with Crippen molar-refractivity contribution >= 4 is 82.5 Å². The maximum Gasteiger partial charge on any atom is 0.143 e. The number of rotatable bonds is 5. The Labute approximate surface area is 321 Å². The Morgan fingerprint density at radius 2 is 1.17 bits per heavy atom. The molecule has 2 aromatic heterocycles. The van der Waals surface area contributed by atoms with E-state index in [0.717, 1.165) is 49.2 Å². The Morgan fingerprint density at radius 3 is 2.08 bits per heavy atom. The van der Waals surface area contributed by atoms with Gasteiger partial charge in [-0.2, -0.15) is 0 Å². The van der Waals surface area contributed by atoms with Crippen LogP contribution in [0.4, 0.5) is 17.1 Å². The summed E-state index contributed by atoms with van der Waals surface area (Å²) in [6.07, 6.45) is 0. The second-order valence-electron chi connectivity index (χ2n) is 12.8. The highest BCUT2D eigenvalue weighted by Crippen LogP contribution is 2.45. The highest BCUT2D eigenvalue weighted by molar-refractivity contribution is 6.19. The van der Waals surface area contributed by atoms with Crippen molar-refractivity contribution in [3.8, 4) is 22.3 Å². The van der Waals surface area contributed by atoms with Crippen LogP contribution in [0.1, 0.15) is 15.1 Å². The van der Waals surface area contributed by atoms with Crippen LogP contribution in [0.2, 0.25) is 0 Å². The smallest absolute Gasteiger partial charge is 0.143 e. The molecule has 0 spiro atoms. The minimum atomic E-state index is -0.679.